The third-order valence-electron chi connectivity index (χ3n) is 3.76. The number of alkyl halides is 3. The van der Waals surface area contributed by atoms with Crippen LogP contribution in [-0.4, -0.2) is 25.9 Å². The second-order valence-electron chi connectivity index (χ2n) is 6.28. The zero-order valence-electron chi connectivity index (χ0n) is 15.1. The van der Waals surface area contributed by atoms with Gasteiger partial charge in [0.05, 0.1) is 16.5 Å². The molecule has 6 nitrogen and oxygen atoms in total. The van der Waals surface area contributed by atoms with Gasteiger partial charge in [-0.3, -0.25) is 9.36 Å². The van der Waals surface area contributed by atoms with E-state index in [-0.39, 0.29) is 17.3 Å². The minimum absolute atomic E-state index is 0.199. The van der Waals surface area contributed by atoms with Crippen LogP contribution >= 0.6 is 11.8 Å². The van der Waals surface area contributed by atoms with E-state index in [1.54, 1.807) is 13.8 Å². The lowest BCUT2D eigenvalue weighted by Gasteiger charge is -2.21. The number of nitrogens with zero attached hydrogens (tertiary/aromatic N) is 2. The Hall–Kier alpha value is -2.23. The van der Waals surface area contributed by atoms with Gasteiger partial charge >= 0.3 is 11.9 Å². The molecule has 10 heteroatoms. The second kappa shape index (κ2) is 8.64. The van der Waals surface area contributed by atoms with Crippen molar-refractivity contribution in [2.24, 2.45) is 5.92 Å². The van der Waals surface area contributed by atoms with Crippen LogP contribution in [0.1, 0.15) is 32.8 Å². The van der Waals surface area contributed by atoms with Crippen molar-refractivity contribution in [2.45, 2.75) is 50.3 Å². The van der Waals surface area contributed by atoms with E-state index in [0.717, 1.165) is 17.8 Å². The standard InChI is InChI=1S/C17H21F3N4O2S/c1-4-9-24-15(26)22-23-16(24)27-13(10(2)3)14(25)21-12-8-6-5-7-11(12)17(18,19)20/h5-8,10,13H,4,9H2,1-3H3,(H,21,25)(H,22,26)/t13-/m1/s1. The summed E-state index contributed by atoms with van der Waals surface area (Å²) in [4.78, 5) is 24.5. The molecule has 0 bridgehead atoms. The summed E-state index contributed by atoms with van der Waals surface area (Å²) in [6.45, 7) is 5.89. The Labute approximate surface area is 158 Å². The van der Waals surface area contributed by atoms with Crippen molar-refractivity contribution in [1.29, 1.82) is 0 Å². The van der Waals surface area contributed by atoms with Gasteiger partial charge in [-0.25, -0.2) is 9.89 Å². The van der Waals surface area contributed by atoms with E-state index in [0.29, 0.717) is 18.1 Å². The Morgan fingerprint density at radius 3 is 2.59 bits per heavy atom. The maximum atomic E-state index is 13.1. The number of anilines is 1. The van der Waals surface area contributed by atoms with E-state index < -0.39 is 22.9 Å². The van der Waals surface area contributed by atoms with Crippen molar-refractivity contribution in [2.75, 3.05) is 5.32 Å². The van der Waals surface area contributed by atoms with Gasteiger partial charge in [0.25, 0.3) is 0 Å². The van der Waals surface area contributed by atoms with Crippen LogP contribution in [0.15, 0.2) is 34.2 Å². The van der Waals surface area contributed by atoms with E-state index in [1.165, 1.54) is 22.8 Å². The van der Waals surface area contributed by atoms with Gasteiger partial charge in [0.1, 0.15) is 0 Å². The number of benzene rings is 1. The highest BCUT2D eigenvalue weighted by Crippen LogP contribution is 2.35. The summed E-state index contributed by atoms with van der Waals surface area (Å²) in [6, 6.07) is 4.82. The Balaban J connectivity index is 2.26. The van der Waals surface area contributed by atoms with Gasteiger partial charge in [-0.05, 0) is 24.5 Å². The molecule has 2 aromatic rings. The van der Waals surface area contributed by atoms with Gasteiger partial charge in [-0.15, -0.1) is 5.10 Å². The first-order valence-corrected chi connectivity index (χ1v) is 9.32. The molecular formula is C17H21F3N4O2S. The van der Waals surface area contributed by atoms with Crippen molar-refractivity contribution in [3.63, 3.8) is 0 Å². The van der Waals surface area contributed by atoms with Gasteiger partial charge in [0.2, 0.25) is 5.91 Å². The van der Waals surface area contributed by atoms with E-state index >= 15 is 0 Å². The molecule has 27 heavy (non-hydrogen) atoms. The Bertz CT molecular complexity index is 845. The summed E-state index contributed by atoms with van der Waals surface area (Å²) in [6.07, 6.45) is -3.88. The maximum Gasteiger partial charge on any atom is 0.418 e. The third kappa shape index (κ3) is 5.15. The lowest BCUT2D eigenvalue weighted by atomic mass is 10.1. The number of carbonyl (C=O) groups excluding carboxylic acids is 1. The number of aromatic amines is 1. The topological polar surface area (TPSA) is 79.8 Å². The average Bonchev–Trinajstić information content (AvgIpc) is 2.92. The van der Waals surface area contributed by atoms with Crippen molar-refractivity contribution in [3.05, 3.63) is 40.3 Å². The molecule has 0 aliphatic heterocycles. The summed E-state index contributed by atoms with van der Waals surface area (Å²) in [5.41, 5.74) is -1.59. The number of halogens is 3. The van der Waals surface area contributed by atoms with Gasteiger partial charge in [-0.2, -0.15) is 13.2 Å². The van der Waals surface area contributed by atoms with Crippen molar-refractivity contribution < 1.29 is 18.0 Å². The van der Waals surface area contributed by atoms with Crippen molar-refractivity contribution in [3.8, 4) is 0 Å². The fourth-order valence-corrected chi connectivity index (χ4v) is 3.53. The molecule has 1 aromatic heterocycles. The normalized spacial score (nSPS) is 13.0. The molecule has 1 atom stereocenters. The highest BCUT2D eigenvalue weighted by atomic mass is 32.2. The first kappa shape index (κ1) is 21.1. The number of thioether (sulfide) groups is 1. The van der Waals surface area contributed by atoms with Gasteiger partial charge in [-0.1, -0.05) is 44.7 Å². The molecular weight excluding hydrogens is 381 g/mol. The molecule has 1 amide bonds. The molecule has 0 saturated carbocycles. The highest BCUT2D eigenvalue weighted by molar-refractivity contribution is 8.00. The van der Waals surface area contributed by atoms with Crippen LogP contribution in [0.2, 0.25) is 0 Å². The van der Waals surface area contributed by atoms with Gasteiger partial charge < -0.3 is 5.32 Å². The molecule has 0 aliphatic rings. The molecule has 1 heterocycles. The number of hydrogen-bond acceptors (Lipinski definition) is 4. The van der Waals surface area contributed by atoms with E-state index in [9.17, 15) is 22.8 Å². The molecule has 2 N–H and O–H groups in total. The van der Waals surface area contributed by atoms with Gasteiger partial charge in [0.15, 0.2) is 5.16 Å². The largest absolute Gasteiger partial charge is 0.418 e. The number of hydrogen-bond donors (Lipinski definition) is 2. The first-order valence-electron chi connectivity index (χ1n) is 8.44. The molecule has 2 rings (SSSR count). The number of carbonyl (C=O) groups is 1. The monoisotopic (exact) mass is 402 g/mol. The minimum Gasteiger partial charge on any atom is -0.325 e. The quantitative estimate of drug-likeness (QED) is 0.691. The molecule has 148 valence electrons. The van der Waals surface area contributed by atoms with Crippen LogP contribution in [0.4, 0.5) is 18.9 Å². The number of para-hydroxylation sites is 1. The first-order chi connectivity index (χ1) is 12.6. The number of rotatable bonds is 7. The molecule has 0 aliphatic carbocycles. The maximum absolute atomic E-state index is 13.1. The molecule has 0 radical (unpaired) electrons. The Morgan fingerprint density at radius 1 is 1.33 bits per heavy atom. The smallest absolute Gasteiger partial charge is 0.325 e. The second-order valence-corrected chi connectivity index (χ2v) is 7.39. The average molecular weight is 402 g/mol. The summed E-state index contributed by atoms with van der Waals surface area (Å²) in [5, 5.41) is 8.25. The highest BCUT2D eigenvalue weighted by Gasteiger charge is 2.34. The molecule has 1 aromatic carbocycles. The van der Waals surface area contributed by atoms with Crippen LogP contribution in [0.5, 0.6) is 0 Å². The van der Waals surface area contributed by atoms with E-state index in [1.807, 2.05) is 6.92 Å². The van der Waals surface area contributed by atoms with Crippen molar-refractivity contribution >= 4 is 23.4 Å². The molecule has 0 unspecified atom stereocenters. The van der Waals surface area contributed by atoms with E-state index in [4.69, 9.17) is 0 Å². The summed E-state index contributed by atoms with van der Waals surface area (Å²) < 4.78 is 40.8. The van der Waals surface area contributed by atoms with Crippen molar-refractivity contribution in [1.82, 2.24) is 14.8 Å². The molecule has 0 saturated heterocycles. The number of H-pyrrole nitrogens is 1. The number of nitrogens with one attached hydrogen (secondary N) is 2. The van der Waals surface area contributed by atoms with E-state index in [2.05, 4.69) is 15.5 Å². The number of amides is 1. The summed E-state index contributed by atoms with van der Waals surface area (Å²) >= 11 is 1.05. The third-order valence-corrected chi connectivity index (χ3v) is 5.29. The molecule has 0 spiro atoms. The SMILES string of the molecule is CCCn1c(S[C@@H](C(=O)Nc2ccccc2C(F)(F)F)C(C)C)n[nH]c1=O. The van der Waals surface area contributed by atoms with Crippen LogP contribution in [0.3, 0.4) is 0 Å². The lowest BCUT2D eigenvalue weighted by Crippen LogP contribution is -2.31. The predicted octanol–water partition coefficient (Wildman–Crippen LogP) is 3.76. The summed E-state index contributed by atoms with van der Waals surface area (Å²) in [7, 11) is 0. The van der Waals surface area contributed by atoms with Crippen LogP contribution in [-0.2, 0) is 17.5 Å². The number of aromatic nitrogens is 3. The van der Waals surface area contributed by atoms with Crippen LogP contribution in [0.25, 0.3) is 0 Å². The Morgan fingerprint density at radius 2 is 2.00 bits per heavy atom. The fraction of sp³-hybridized carbons (Fsp3) is 0.471. The van der Waals surface area contributed by atoms with Gasteiger partial charge in [0, 0.05) is 6.54 Å². The zero-order valence-corrected chi connectivity index (χ0v) is 15.9. The summed E-state index contributed by atoms with van der Waals surface area (Å²) in [5.74, 6) is -0.778. The zero-order chi connectivity index (χ0) is 20.2. The van der Waals surface area contributed by atoms with Crippen LogP contribution in [0, 0.1) is 5.92 Å². The minimum atomic E-state index is -4.58. The predicted molar refractivity (Wildman–Crippen MR) is 97.7 cm³/mol. The molecule has 0 fully saturated rings. The fourth-order valence-electron chi connectivity index (χ4n) is 2.46. The lowest BCUT2D eigenvalue weighted by molar-refractivity contribution is -0.137. The van der Waals surface area contributed by atoms with Crippen LogP contribution < -0.4 is 11.0 Å². The Kier molecular flexibility index (Phi) is 6.74.